The van der Waals surface area contributed by atoms with Crippen LogP contribution in [-0.4, -0.2) is 15.8 Å². The molecule has 1 saturated carbocycles. The van der Waals surface area contributed by atoms with Crippen LogP contribution < -0.4 is 0 Å². The third-order valence-corrected chi connectivity index (χ3v) is 3.22. The van der Waals surface area contributed by atoms with Gasteiger partial charge in [0.1, 0.15) is 0 Å². The zero-order chi connectivity index (χ0) is 12.5. The van der Waals surface area contributed by atoms with Crippen molar-refractivity contribution in [3.05, 3.63) is 47.8 Å². The second-order valence-electron chi connectivity index (χ2n) is 4.71. The van der Waals surface area contributed by atoms with Gasteiger partial charge in [-0.2, -0.15) is 0 Å². The van der Waals surface area contributed by atoms with Crippen molar-refractivity contribution in [3.8, 4) is 11.4 Å². The highest BCUT2D eigenvalue weighted by molar-refractivity contribution is 5.94. The van der Waals surface area contributed by atoms with E-state index in [2.05, 4.69) is 9.97 Å². The number of carbonyl (C=O) groups excluding carboxylic acids is 1. The fourth-order valence-electron chi connectivity index (χ4n) is 1.97. The first-order valence-corrected chi connectivity index (χ1v) is 6.18. The van der Waals surface area contributed by atoms with Crippen molar-refractivity contribution >= 4 is 5.78 Å². The number of nitrogens with zero attached hydrogens (tertiary/aromatic N) is 2. The van der Waals surface area contributed by atoms with E-state index in [1.54, 1.807) is 6.92 Å². The summed E-state index contributed by atoms with van der Waals surface area (Å²) in [7, 11) is 0. The molecule has 1 aromatic carbocycles. The maximum atomic E-state index is 11.2. The monoisotopic (exact) mass is 238 g/mol. The second-order valence-corrected chi connectivity index (χ2v) is 4.71. The van der Waals surface area contributed by atoms with Crippen LogP contribution in [0.4, 0.5) is 0 Å². The van der Waals surface area contributed by atoms with Crippen LogP contribution in [-0.2, 0) is 0 Å². The predicted molar refractivity (Wildman–Crippen MR) is 69.4 cm³/mol. The number of hydrogen-bond acceptors (Lipinski definition) is 3. The molecule has 1 aliphatic rings. The Morgan fingerprint density at radius 3 is 2.50 bits per heavy atom. The summed E-state index contributed by atoms with van der Waals surface area (Å²) in [4.78, 5) is 20.1. The molecule has 2 aromatic rings. The molecule has 1 fully saturated rings. The number of carbonyl (C=O) groups is 1. The minimum Gasteiger partial charge on any atom is -0.295 e. The minimum atomic E-state index is 0.0780. The van der Waals surface area contributed by atoms with Gasteiger partial charge in [-0.1, -0.05) is 24.3 Å². The Hall–Kier alpha value is -2.03. The van der Waals surface area contributed by atoms with Crippen LogP contribution in [0.25, 0.3) is 11.4 Å². The van der Waals surface area contributed by atoms with Gasteiger partial charge in [-0.05, 0) is 25.8 Å². The van der Waals surface area contributed by atoms with Gasteiger partial charge < -0.3 is 0 Å². The van der Waals surface area contributed by atoms with Gasteiger partial charge in [0.15, 0.2) is 11.6 Å². The number of ketones is 1. The van der Waals surface area contributed by atoms with Gasteiger partial charge in [-0.25, -0.2) is 9.97 Å². The molecular formula is C15H14N2O. The van der Waals surface area contributed by atoms with Crippen LogP contribution in [0, 0.1) is 0 Å². The Morgan fingerprint density at radius 2 is 1.89 bits per heavy atom. The van der Waals surface area contributed by atoms with Crippen molar-refractivity contribution in [1.82, 2.24) is 9.97 Å². The van der Waals surface area contributed by atoms with E-state index in [1.165, 1.54) is 12.8 Å². The zero-order valence-electron chi connectivity index (χ0n) is 10.3. The Bertz CT molecular complexity index is 586. The summed E-state index contributed by atoms with van der Waals surface area (Å²) in [5.74, 6) is 1.45. The third-order valence-electron chi connectivity index (χ3n) is 3.22. The first kappa shape index (κ1) is 11.1. The molecule has 0 N–H and O–H groups in total. The number of hydrogen-bond donors (Lipinski definition) is 0. The summed E-state index contributed by atoms with van der Waals surface area (Å²) in [5, 5.41) is 0. The molecule has 3 nitrogen and oxygen atoms in total. The normalized spacial score (nSPS) is 14.5. The van der Waals surface area contributed by atoms with E-state index < -0.39 is 0 Å². The number of rotatable bonds is 3. The van der Waals surface area contributed by atoms with Crippen molar-refractivity contribution in [2.24, 2.45) is 0 Å². The van der Waals surface area contributed by atoms with E-state index in [0.29, 0.717) is 5.92 Å². The molecule has 0 bridgehead atoms. The van der Waals surface area contributed by atoms with Gasteiger partial charge in [-0.3, -0.25) is 4.79 Å². The van der Waals surface area contributed by atoms with Crippen molar-refractivity contribution < 1.29 is 4.79 Å². The van der Waals surface area contributed by atoms with Gasteiger partial charge >= 0.3 is 0 Å². The standard InChI is InChI=1S/C15H14N2O/c1-10(18)11-2-6-13(7-3-11)15-16-9-8-14(17-15)12-4-5-12/h2-3,6-9,12H,4-5H2,1H3. The van der Waals surface area contributed by atoms with Gasteiger partial charge in [0.05, 0.1) is 0 Å². The molecule has 90 valence electrons. The smallest absolute Gasteiger partial charge is 0.159 e. The molecule has 0 unspecified atom stereocenters. The predicted octanol–water partition coefficient (Wildman–Crippen LogP) is 3.22. The first-order chi connectivity index (χ1) is 8.74. The van der Waals surface area contributed by atoms with Crippen LogP contribution in [0.1, 0.15) is 41.7 Å². The minimum absolute atomic E-state index is 0.0780. The molecule has 0 spiro atoms. The van der Waals surface area contributed by atoms with Crippen LogP contribution in [0.5, 0.6) is 0 Å². The number of aromatic nitrogens is 2. The summed E-state index contributed by atoms with van der Waals surface area (Å²) in [6.07, 6.45) is 4.29. The number of Topliss-reactive ketones (excluding diaryl/α,β-unsaturated/α-hetero) is 1. The van der Waals surface area contributed by atoms with Crippen LogP contribution in [0.2, 0.25) is 0 Å². The van der Waals surface area contributed by atoms with E-state index in [-0.39, 0.29) is 5.78 Å². The lowest BCUT2D eigenvalue weighted by Crippen LogP contribution is -1.95. The molecule has 3 heteroatoms. The summed E-state index contributed by atoms with van der Waals surface area (Å²) in [6.45, 7) is 1.57. The first-order valence-electron chi connectivity index (χ1n) is 6.18. The van der Waals surface area contributed by atoms with E-state index in [9.17, 15) is 4.79 Å². The average molecular weight is 238 g/mol. The number of benzene rings is 1. The lowest BCUT2D eigenvalue weighted by Gasteiger charge is -2.03. The summed E-state index contributed by atoms with van der Waals surface area (Å²) in [6, 6.07) is 9.45. The quantitative estimate of drug-likeness (QED) is 0.771. The Balaban J connectivity index is 1.93. The van der Waals surface area contributed by atoms with Crippen molar-refractivity contribution in [2.75, 3.05) is 0 Å². The molecule has 3 rings (SSSR count). The van der Waals surface area contributed by atoms with E-state index in [4.69, 9.17) is 0 Å². The Kier molecular flexibility index (Phi) is 2.67. The Labute approximate surface area is 106 Å². The van der Waals surface area contributed by atoms with Gasteiger partial charge in [0, 0.05) is 28.9 Å². The average Bonchev–Trinajstić information content (AvgIpc) is 3.23. The molecule has 1 aliphatic carbocycles. The van der Waals surface area contributed by atoms with Crippen molar-refractivity contribution in [2.45, 2.75) is 25.7 Å². The van der Waals surface area contributed by atoms with Gasteiger partial charge in [0.25, 0.3) is 0 Å². The third kappa shape index (κ3) is 2.16. The molecule has 0 aliphatic heterocycles. The molecule has 0 radical (unpaired) electrons. The fraction of sp³-hybridized carbons (Fsp3) is 0.267. The molecule has 1 heterocycles. The van der Waals surface area contributed by atoms with Gasteiger partial charge in [-0.15, -0.1) is 0 Å². The molecule has 1 aromatic heterocycles. The largest absolute Gasteiger partial charge is 0.295 e. The van der Waals surface area contributed by atoms with E-state index in [1.807, 2.05) is 36.5 Å². The molecular weight excluding hydrogens is 224 g/mol. The maximum Gasteiger partial charge on any atom is 0.159 e. The van der Waals surface area contributed by atoms with Gasteiger partial charge in [0.2, 0.25) is 0 Å². The van der Waals surface area contributed by atoms with E-state index >= 15 is 0 Å². The SMILES string of the molecule is CC(=O)c1ccc(-c2nccc(C3CC3)n2)cc1. The molecule has 0 saturated heterocycles. The molecule has 18 heavy (non-hydrogen) atoms. The fourth-order valence-corrected chi connectivity index (χ4v) is 1.97. The Morgan fingerprint density at radius 1 is 1.17 bits per heavy atom. The highest BCUT2D eigenvalue weighted by Gasteiger charge is 2.25. The summed E-state index contributed by atoms with van der Waals surface area (Å²) < 4.78 is 0. The second kappa shape index (κ2) is 4.33. The molecule has 0 atom stereocenters. The molecule has 0 amide bonds. The highest BCUT2D eigenvalue weighted by atomic mass is 16.1. The van der Waals surface area contributed by atoms with Crippen molar-refractivity contribution in [3.63, 3.8) is 0 Å². The van der Waals surface area contributed by atoms with Crippen LogP contribution in [0.15, 0.2) is 36.5 Å². The topological polar surface area (TPSA) is 42.9 Å². The lowest BCUT2D eigenvalue weighted by molar-refractivity contribution is 0.101. The lowest BCUT2D eigenvalue weighted by atomic mass is 10.1. The highest BCUT2D eigenvalue weighted by Crippen LogP contribution is 2.39. The van der Waals surface area contributed by atoms with Crippen LogP contribution in [0.3, 0.4) is 0 Å². The van der Waals surface area contributed by atoms with Crippen LogP contribution >= 0.6 is 0 Å². The van der Waals surface area contributed by atoms with Crippen molar-refractivity contribution in [1.29, 1.82) is 0 Å². The van der Waals surface area contributed by atoms with E-state index in [0.717, 1.165) is 22.6 Å². The summed E-state index contributed by atoms with van der Waals surface area (Å²) >= 11 is 0. The summed E-state index contributed by atoms with van der Waals surface area (Å²) in [5.41, 5.74) is 2.82. The maximum absolute atomic E-state index is 11.2. The zero-order valence-corrected chi connectivity index (χ0v) is 10.3.